The van der Waals surface area contributed by atoms with Crippen molar-refractivity contribution in [1.82, 2.24) is 4.37 Å². The molecule has 0 saturated heterocycles. The third-order valence-electron chi connectivity index (χ3n) is 4.37. The Kier molecular flexibility index (Phi) is 4.76. The van der Waals surface area contributed by atoms with E-state index in [-0.39, 0.29) is 11.9 Å². The molecule has 1 aliphatic heterocycles. The third kappa shape index (κ3) is 3.11. The Hall–Kier alpha value is -2.41. The number of benzene rings is 1. The highest BCUT2D eigenvalue weighted by Crippen LogP contribution is 2.33. The summed E-state index contributed by atoms with van der Waals surface area (Å²) in [6.07, 6.45) is -0.0647. The maximum Gasteiger partial charge on any atom is 0.343 e. The fourth-order valence-corrected chi connectivity index (χ4v) is 3.88. The standard InChI is InChI=1S/C18H21N3O3S/c1-10-9-13-7-5-6-8-14(13)21(10)17(22)12(3)24-18(23)15-11(2)20-25-16(15)19-4/h5-8,10,12,19H,9H2,1-4H3/t10-,12+/m1/s1. The summed E-state index contributed by atoms with van der Waals surface area (Å²) in [7, 11) is 1.72. The van der Waals surface area contributed by atoms with Crippen LogP contribution in [0.5, 0.6) is 0 Å². The van der Waals surface area contributed by atoms with Crippen molar-refractivity contribution in [3.8, 4) is 0 Å². The van der Waals surface area contributed by atoms with Gasteiger partial charge in [0.2, 0.25) is 0 Å². The minimum atomic E-state index is -0.870. The van der Waals surface area contributed by atoms with Crippen LogP contribution in [0.2, 0.25) is 0 Å². The Morgan fingerprint density at radius 2 is 2.12 bits per heavy atom. The SMILES string of the molecule is CNc1snc(C)c1C(=O)O[C@@H](C)C(=O)N1c2ccccc2C[C@H]1C. The Morgan fingerprint density at radius 1 is 1.40 bits per heavy atom. The van der Waals surface area contributed by atoms with Crippen molar-refractivity contribution in [2.24, 2.45) is 0 Å². The van der Waals surface area contributed by atoms with Crippen molar-refractivity contribution >= 4 is 34.1 Å². The van der Waals surface area contributed by atoms with Crippen LogP contribution in [0.3, 0.4) is 0 Å². The number of aromatic nitrogens is 1. The lowest BCUT2D eigenvalue weighted by Crippen LogP contribution is -2.43. The second-order valence-electron chi connectivity index (χ2n) is 6.16. The lowest BCUT2D eigenvalue weighted by molar-refractivity contribution is -0.126. The van der Waals surface area contributed by atoms with Gasteiger partial charge in [0.15, 0.2) is 6.10 Å². The quantitative estimate of drug-likeness (QED) is 0.850. The van der Waals surface area contributed by atoms with E-state index in [9.17, 15) is 9.59 Å². The summed E-state index contributed by atoms with van der Waals surface area (Å²) in [4.78, 5) is 27.1. The zero-order chi connectivity index (χ0) is 18.1. The van der Waals surface area contributed by atoms with Crippen LogP contribution in [-0.2, 0) is 16.0 Å². The summed E-state index contributed by atoms with van der Waals surface area (Å²) in [5.41, 5.74) is 3.02. The molecule has 2 atom stereocenters. The number of ether oxygens (including phenoxy) is 1. The predicted octanol–water partition coefficient (Wildman–Crippen LogP) is 3.02. The van der Waals surface area contributed by atoms with Crippen LogP contribution in [0.25, 0.3) is 0 Å². The number of rotatable bonds is 4. The molecular formula is C18H21N3O3S. The Morgan fingerprint density at radius 3 is 2.84 bits per heavy atom. The second-order valence-corrected chi connectivity index (χ2v) is 6.93. The molecule has 3 rings (SSSR count). The van der Waals surface area contributed by atoms with E-state index in [0.29, 0.717) is 16.3 Å². The van der Waals surface area contributed by atoms with Gasteiger partial charge in [0.25, 0.3) is 5.91 Å². The molecule has 2 heterocycles. The molecule has 1 N–H and O–H groups in total. The topological polar surface area (TPSA) is 71.5 Å². The number of carbonyl (C=O) groups excluding carboxylic acids is 2. The van der Waals surface area contributed by atoms with Gasteiger partial charge in [-0.2, -0.15) is 4.37 Å². The van der Waals surface area contributed by atoms with Crippen molar-refractivity contribution in [1.29, 1.82) is 0 Å². The van der Waals surface area contributed by atoms with Crippen molar-refractivity contribution in [3.05, 3.63) is 41.1 Å². The van der Waals surface area contributed by atoms with Crippen LogP contribution >= 0.6 is 11.5 Å². The smallest absolute Gasteiger partial charge is 0.343 e. The van der Waals surface area contributed by atoms with Gasteiger partial charge in [-0.15, -0.1) is 0 Å². The fraction of sp³-hybridized carbons (Fsp3) is 0.389. The van der Waals surface area contributed by atoms with Gasteiger partial charge in [-0.1, -0.05) is 18.2 Å². The molecule has 0 spiro atoms. The molecule has 0 saturated carbocycles. The molecule has 1 aromatic heterocycles. The van der Waals surface area contributed by atoms with E-state index in [2.05, 4.69) is 9.69 Å². The van der Waals surface area contributed by atoms with Gasteiger partial charge in [0.05, 0.1) is 5.69 Å². The molecule has 0 bridgehead atoms. The minimum Gasteiger partial charge on any atom is -0.449 e. The van der Waals surface area contributed by atoms with Crippen LogP contribution in [-0.4, -0.2) is 35.4 Å². The highest BCUT2D eigenvalue weighted by molar-refractivity contribution is 7.10. The number of esters is 1. The molecule has 2 aromatic rings. The number of aryl methyl sites for hydroxylation is 1. The monoisotopic (exact) mass is 359 g/mol. The highest BCUT2D eigenvalue weighted by atomic mass is 32.1. The van der Waals surface area contributed by atoms with Crippen LogP contribution in [0.4, 0.5) is 10.7 Å². The van der Waals surface area contributed by atoms with Crippen molar-refractivity contribution in [2.45, 2.75) is 39.3 Å². The highest BCUT2D eigenvalue weighted by Gasteiger charge is 2.35. The zero-order valence-corrected chi connectivity index (χ0v) is 15.5. The molecule has 25 heavy (non-hydrogen) atoms. The first kappa shape index (κ1) is 17.4. The average Bonchev–Trinajstić information content (AvgIpc) is 3.12. The van der Waals surface area contributed by atoms with E-state index in [1.807, 2.05) is 31.2 Å². The zero-order valence-electron chi connectivity index (χ0n) is 14.7. The van der Waals surface area contributed by atoms with Crippen molar-refractivity contribution in [2.75, 3.05) is 17.3 Å². The van der Waals surface area contributed by atoms with E-state index in [0.717, 1.165) is 17.7 Å². The normalized spacial score (nSPS) is 17.1. The van der Waals surface area contributed by atoms with Gasteiger partial charge >= 0.3 is 5.97 Å². The summed E-state index contributed by atoms with van der Waals surface area (Å²) >= 11 is 1.20. The van der Waals surface area contributed by atoms with Gasteiger partial charge in [-0.05, 0) is 50.4 Å². The third-order valence-corrected chi connectivity index (χ3v) is 5.33. The van der Waals surface area contributed by atoms with Crippen LogP contribution in [0.15, 0.2) is 24.3 Å². The number of hydrogen-bond acceptors (Lipinski definition) is 6. The number of anilines is 2. The summed E-state index contributed by atoms with van der Waals surface area (Å²) in [5.74, 6) is -0.741. The first-order valence-corrected chi connectivity index (χ1v) is 8.97. The van der Waals surface area contributed by atoms with E-state index < -0.39 is 12.1 Å². The summed E-state index contributed by atoms with van der Waals surface area (Å²) in [6, 6.07) is 7.87. The summed E-state index contributed by atoms with van der Waals surface area (Å²) < 4.78 is 9.62. The van der Waals surface area contributed by atoms with Gasteiger partial charge in [0.1, 0.15) is 10.6 Å². The van der Waals surface area contributed by atoms with Crippen molar-refractivity contribution < 1.29 is 14.3 Å². The summed E-state index contributed by atoms with van der Waals surface area (Å²) in [6.45, 7) is 5.36. The van der Waals surface area contributed by atoms with Gasteiger partial charge in [-0.25, -0.2) is 4.79 Å². The molecule has 132 valence electrons. The first-order valence-electron chi connectivity index (χ1n) is 8.20. The molecule has 1 amide bonds. The second kappa shape index (κ2) is 6.84. The lowest BCUT2D eigenvalue weighted by atomic mass is 10.1. The Balaban J connectivity index is 1.77. The average molecular weight is 359 g/mol. The van der Waals surface area contributed by atoms with E-state index >= 15 is 0 Å². The fourth-order valence-electron chi connectivity index (χ4n) is 3.15. The van der Waals surface area contributed by atoms with E-state index in [1.165, 1.54) is 11.5 Å². The molecule has 0 aliphatic carbocycles. The molecule has 6 nitrogen and oxygen atoms in total. The Labute approximate surface area is 151 Å². The molecule has 0 fully saturated rings. The number of fused-ring (bicyclic) bond motifs is 1. The van der Waals surface area contributed by atoms with Crippen LogP contribution in [0, 0.1) is 6.92 Å². The van der Waals surface area contributed by atoms with Crippen LogP contribution < -0.4 is 10.2 Å². The number of hydrogen-bond donors (Lipinski definition) is 1. The molecule has 1 aromatic carbocycles. The molecule has 7 heteroatoms. The van der Waals surface area contributed by atoms with Gasteiger partial charge in [-0.3, -0.25) is 4.79 Å². The van der Waals surface area contributed by atoms with Crippen molar-refractivity contribution in [3.63, 3.8) is 0 Å². The molecular weight excluding hydrogens is 338 g/mol. The number of para-hydroxylation sites is 1. The maximum atomic E-state index is 12.9. The number of amides is 1. The van der Waals surface area contributed by atoms with Gasteiger partial charge in [0, 0.05) is 18.8 Å². The number of nitrogens with one attached hydrogen (secondary N) is 1. The summed E-state index contributed by atoms with van der Waals surface area (Å²) in [5, 5.41) is 3.58. The maximum absolute atomic E-state index is 12.9. The molecule has 0 unspecified atom stereocenters. The van der Waals surface area contributed by atoms with E-state index in [1.54, 1.807) is 25.8 Å². The molecule has 1 aliphatic rings. The first-order chi connectivity index (χ1) is 11.9. The molecule has 0 radical (unpaired) electrons. The predicted molar refractivity (Wildman–Crippen MR) is 98.4 cm³/mol. The largest absolute Gasteiger partial charge is 0.449 e. The Bertz CT molecular complexity index is 818. The number of carbonyl (C=O) groups is 2. The lowest BCUT2D eigenvalue weighted by Gasteiger charge is -2.26. The van der Waals surface area contributed by atoms with E-state index in [4.69, 9.17) is 4.74 Å². The minimum absolute atomic E-state index is 0.0449. The van der Waals surface area contributed by atoms with Crippen LogP contribution in [0.1, 0.15) is 35.5 Å². The van der Waals surface area contributed by atoms with Gasteiger partial charge < -0.3 is 15.0 Å². The number of nitrogens with zero attached hydrogens (tertiary/aromatic N) is 2.